The molecular formula is C8H11ClO3. The molecule has 0 aromatic rings. The van der Waals surface area contributed by atoms with E-state index in [9.17, 15) is 4.79 Å². The van der Waals surface area contributed by atoms with Crippen LogP contribution in [0.5, 0.6) is 0 Å². The van der Waals surface area contributed by atoms with Crippen LogP contribution in [0.4, 0.5) is 0 Å². The first-order valence-corrected chi connectivity index (χ1v) is 4.24. The molecule has 1 rings (SSSR count). The van der Waals surface area contributed by atoms with E-state index in [1.165, 1.54) is 0 Å². The lowest BCUT2D eigenvalue weighted by Gasteiger charge is -2.11. The maximum Gasteiger partial charge on any atom is 0.324 e. The van der Waals surface area contributed by atoms with Crippen molar-refractivity contribution in [1.82, 2.24) is 0 Å². The Morgan fingerprint density at radius 3 is 2.83 bits per heavy atom. The van der Waals surface area contributed by atoms with Crippen LogP contribution >= 0.6 is 11.6 Å². The van der Waals surface area contributed by atoms with Crippen molar-refractivity contribution in [2.24, 2.45) is 0 Å². The molecule has 0 amide bonds. The first kappa shape index (κ1) is 9.55. The third kappa shape index (κ3) is 2.50. The molecule has 0 spiro atoms. The molecule has 0 saturated carbocycles. The normalized spacial score (nSPS) is 30.2. The van der Waals surface area contributed by atoms with Crippen LogP contribution in [0.3, 0.4) is 0 Å². The quantitative estimate of drug-likeness (QED) is 0.399. The van der Waals surface area contributed by atoms with E-state index < -0.39 is 17.5 Å². The molecule has 0 radical (unpaired) electrons. The standard InChI is InChI=1S/C8H11ClO3/c1-5(9)8(11)12-7-3-2-6(10)4-7/h2-3,5-7,10H,4H2,1H3/t5-,6+,7-/m1/s1. The van der Waals surface area contributed by atoms with Crippen LogP contribution in [0, 0.1) is 0 Å². The number of rotatable bonds is 2. The third-order valence-corrected chi connectivity index (χ3v) is 1.79. The zero-order valence-corrected chi connectivity index (χ0v) is 7.49. The van der Waals surface area contributed by atoms with Gasteiger partial charge in [-0.2, -0.15) is 0 Å². The van der Waals surface area contributed by atoms with Crippen molar-refractivity contribution in [3.63, 3.8) is 0 Å². The summed E-state index contributed by atoms with van der Waals surface area (Å²) in [4.78, 5) is 10.9. The Morgan fingerprint density at radius 2 is 2.42 bits per heavy atom. The molecule has 0 aliphatic heterocycles. The first-order chi connectivity index (χ1) is 5.59. The van der Waals surface area contributed by atoms with Crippen LogP contribution in [0.15, 0.2) is 12.2 Å². The van der Waals surface area contributed by atoms with E-state index in [-0.39, 0.29) is 6.10 Å². The van der Waals surface area contributed by atoms with Gasteiger partial charge in [-0.1, -0.05) is 6.08 Å². The maximum absolute atomic E-state index is 10.9. The average Bonchev–Trinajstić information content (AvgIpc) is 2.35. The Bertz CT molecular complexity index is 200. The van der Waals surface area contributed by atoms with E-state index in [1.807, 2.05) is 0 Å². The second-order valence-electron chi connectivity index (χ2n) is 2.78. The third-order valence-electron chi connectivity index (χ3n) is 1.61. The highest BCUT2D eigenvalue weighted by Crippen LogP contribution is 2.15. The predicted octanol–water partition coefficient (Wildman–Crippen LogP) is 0.846. The summed E-state index contributed by atoms with van der Waals surface area (Å²) in [6.45, 7) is 1.55. The van der Waals surface area contributed by atoms with Crippen molar-refractivity contribution in [2.75, 3.05) is 0 Å². The van der Waals surface area contributed by atoms with Gasteiger partial charge in [0.25, 0.3) is 0 Å². The van der Waals surface area contributed by atoms with Gasteiger partial charge in [0.05, 0.1) is 6.10 Å². The minimum absolute atomic E-state index is 0.311. The van der Waals surface area contributed by atoms with Gasteiger partial charge in [0.1, 0.15) is 11.5 Å². The van der Waals surface area contributed by atoms with Crippen LogP contribution in [-0.4, -0.2) is 28.7 Å². The molecule has 0 bridgehead atoms. The predicted molar refractivity (Wildman–Crippen MR) is 45.0 cm³/mol. The Morgan fingerprint density at radius 1 is 1.75 bits per heavy atom. The van der Waals surface area contributed by atoms with Gasteiger partial charge in [-0.05, 0) is 13.0 Å². The molecule has 0 heterocycles. The molecule has 4 heteroatoms. The SMILES string of the molecule is C[C@@H](Cl)C(=O)O[C@@H]1C=C[C@H](O)C1. The van der Waals surface area contributed by atoms with E-state index in [2.05, 4.69) is 0 Å². The van der Waals surface area contributed by atoms with Crippen molar-refractivity contribution in [3.8, 4) is 0 Å². The molecule has 68 valence electrons. The summed E-state index contributed by atoms with van der Waals surface area (Å²) in [5.74, 6) is -0.444. The molecule has 1 aliphatic rings. The molecule has 3 atom stereocenters. The average molecular weight is 191 g/mol. The van der Waals surface area contributed by atoms with Crippen molar-refractivity contribution in [2.45, 2.75) is 30.9 Å². The van der Waals surface area contributed by atoms with Gasteiger partial charge in [-0.25, -0.2) is 0 Å². The monoisotopic (exact) mass is 190 g/mol. The van der Waals surface area contributed by atoms with Gasteiger partial charge in [0, 0.05) is 6.42 Å². The Hall–Kier alpha value is -0.540. The van der Waals surface area contributed by atoms with E-state index in [0.29, 0.717) is 6.42 Å². The number of carbonyl (C=O) groups excluding carboxylic acids is 1. The van der Waals surface area contributed by atoms with E-state index in [0.717, 1.165) is 0 Å². The van der Waals surface area contributed by atoms with Crippen molar-refractivity contribution in [1.29, 1.82) is 0 Å². The highest BCUT2D eigenvalue weighted by atomic mass is 35.5. The Labute approximate surface area is 76.0 Å². The second-order valence-corrected chi connectivity index (χ2v) is 3.43. The summed E-state index contributed by atoms with van der Waals surface area (Å²) in [6, 6.07) is 0. The van der Waals surface area contributed by atoms with Gasteiger partial charge < -0.3 is 9.84 Å². The number of ether oxygens (including phenoxy) is 1. The molecule has 0 fully saturated rings. The van der Waals surface area contributed by atoms with E-state index in [1.54, 1.807) is 19.1 Å². The first-order valence-electron chi connectivity index (χ1n) is 3.80. The number of aliphatic hydroxyl groups excluding tert-OH is 1. The number of halogens is 1. The summed E-state index contributed by atoms with van der Waals surface area (Å²) in [7, 11) is 0. The molecule has 12 heavy (non-hydrogen) atoms. The van der Waals surface area contributed by atoms with Crippen LogP contribution in [-0.2, 0) is 9.53 Å². The molecule has 1 aliphatic carbocycles. The van der Waals surface area contributed by atoms with Crippen molar-refractivity contribution < 1.29 is 14.6 Å². The summed E-state index contributed by atoms with van der Waals surface area (Å²) in [6.07, 6.45) is 2.91. The number of esters is 1. The topological polar surface area (TPSA) is 46.5 Å². The summed E-state index contributed by atoms with van der Waals surface area (Å²) < 4.78 is 4.93. The van der Waals surface area contributed by atoms with Crippen molar-refractivity contribution in [3.05, 3.63) is 12.2 Å². The Balaban J connectivity index is 2.34. The lowest BCUT2D eigenvalue weighted by atomic mass is 10.3. The van der Waals surface area contributed by atoms with Gasteiger partial charge in [-0.3, -0.25) is 4.79 Å². The zero-order chi connectivity index (χ0) is 9.14. The number of alkyl halides is 1. The van der Waals surface area contributed by atoms with Crippen LogP contribution < -0.4 is 0 Å². The summed E-state index contributed by atoms with van der Waals surface area (Å²) >= 11 is 5.48. The van der Waals surface area contributed by atoms with Gasteiger partial charge in [0.15, 0.2) is 0 Å². The fourth-order valence-electron chi connectivity index (χ4n) is 0.978. The summed E-state index contributed by atoms with van der Waals surface area (Å²) in [5.41, 5.74) is 0. The minimum atomic E-state index is -0.629. The number of carbonyl (C=O) groups is 1. The molecule has 0 aromatic heterocycles. The molecular weight excluding hydrogens is 180 g/mol. The lowest BCUT2D eigenvalue weighted by Crippen LogP contribution is -2.21. The lowest BCUT2D eigenvalue weighted by molar-refractivity contribution is -0.146. The fourth-order valence-corrected chi connectivity index (χ4v) is 1.03. The van der Waals surface area contributed by atoms with Crippen molar-refractivity contribution >= 4 is 17.6 Å². The molecule has 3 nitrogen and oxygen atoms in total. The molecule has 1 N–H and O–H groups in total. The minimum Gasteiger partial charge on any atom is -0.457 e. The van der Waals surface area contributed by atoms with Gasteiger partial charge >= 0.3 is 5.97 Å². The maximum atomic E-state index is 10.9. The number of aliphatic hydroxyl groups is 1. The van der Waals surface area contributed by atoms with E-state index in [4.69, 9.17) is 21.4 Å². The smallest absolute Gasteiger partial charge is 0.324 e. The van der Waals surface area contributed by atoms with Crippen LogP contribution in [0.2, 0.25) is 0 Å². The fraction of sp³-hybridized carbons (Fsp3) is 0.625. The largest absolute Gasteiger partial charge is 0.457 e. The van der Waals surface area contributed by atoms with Crippen LogP contribution in [0.25, 0.3) is 0 Å². The van der Waals surface area contributed by atoms with Gasteiger partial charge in [0.2, 0.25) is 0 Å². The molecule has 0 unspecified atom stereocenters. The highest BCUT2D eigenvalue weighted by Gasteiger charge is 2.22. The van der Waals surface area contributed by atoms with E-state index >= 15 is 0 Å². The Kier molecular flexibility index (Phi) is 3.12. The molecule has 0 saturated heterocycles. The van der Waals surface area contributed by atoms with Gasteiger partial charge in [-0.15, -0.1) is 11.6 Å². The zero-order valence-electron chi connectivity index (χ0n) is 6.74. The van der Waals surface area contributed by atoms with Crippen LogP contribution in [0.1, 0.15) is 13.3 Å². The number of hydrogen-bond donors (Lipinski definition) is 1. The highest BCUT2D eigenvalue weighted by molar-refractivity contribution is 6.29. The second kappa shape index (κ2) is 3.92. The summed E-state index contributed by atoms with van der Waals surface area (Å²) in [5, 5.41) is 8.41. The number of hydrogen-bond acceptors (Lipinski definition) is 3. The molecule has 0 aromatic carbocycles.